The van der Waals surface area contributed by atoms with Crippen molar-refractivity contribution < 1.29 is 0 Å². The molecule has 0 saturated carbocycles. The molecule has 0 spiro atoms. The standard InChI is InChI=1S/C18H27N5S/c1-3-19-18(22-13-10-17-14-24-15(2)23-17)21-12-7-11-20-16-8-5-4-6-9-16/h4-6,8-9,14,20H,3,7,10-13H2,1-2H3,(H2,19,21,22). The smallest absolute Gasteiger partial charge is 0.191 e. The average Bonchev–Trinajstić information content (AvgIpc) is 3.01. The number of aromatic nitrogens is 1. The largest absolute Gasteiger partial charge is 0.385 e. The minimum atomic E-state index is 0.797. The number of thiazole rings is 1. The van der Waals surface area contributed by atoms with Crippen LogP contribution in [0.5, 0.6) is 0 Å². The first-order valence-corrected chi connectivity index (χ1v) is 9.38. The topological polar surface area (TPSA) is 61.3 Å². The Labute approximate surface area is 148 Å². The molecule has 0 aliphatic carbocycles. The van der Waals surface area contributed by atoms with Gasteiger partial charge in [0.1, 0.15) is 0 Å². The van der Waals surface area contributed by atoms with E-state index < -0.39 is 0 Å². The predicted octanol–water partition coefficient (Wildman–Crippen LogP) is 3.05. The fourth-order valence-electron chi connectivity index (χ4n) is 2.23. The van der Waals surface area contributed by atoms with Gasteiger partial charge in [0.2, 0.25) is 0 Å². The number of rotatable bonds is 9. The van der Waals surface area contributed by atoms with Crippen LogP contribution in [0.2, 0.25) is 0 Å². The first kappa shape index (κ1) is 18.3. The molecule has 1 heterocycles. The molecule has 0 radical (unpaired) electrons. The summed E-state index contributed by atoms with van der Waals surface area (Å²) in [5.41, 5.74) is 2.30. The Kier molecular flexibility index (Phi) is 8.10. The van der Waals surface area contributed by atoms with Crippen LogP contribution in [0, 0.1) is 6.92 Å². The van der Waals surface area contributed by atoms with Crippen LogP contribution in [-0.2, 0) is 6.42 Å². The van der Waals surface area contributed by atoms with E-state index in [1.807, 2.05) is 25.1 Å². The molecule has 0 aliphatic rings. The van der Waals surface area contributed by atoms with Crippen molar-refractivity contribution in [3.8, 4) is 0 Å². The summed E-state index contributed by atoms with van der Waals surface area (Å²) in [5.74, 6) is 0.879. The molecule has 0 unspecified atom stereocenters. The lowest BCUT2D eigenvalue weighted by Crippen LogP contribution is -2.38. The van der Waals surface area contributed by atoms with Crippen LogP contribution in [0.4, 0.5) is 5.69 Å². The predicted molar refractivity (Wildman–Crippen MR) is 104 cm³/mol. The second kappa shape index (κ2) is 10.6. The van der Waals surface area contributed by atoms with Crippen molar-refractivity contribution in [2.24, 2.45) is 4.99 Å². The van der Waals surface area contributed by atoms with Crippen LogP contribution in [0.15, 0.2) is 40.7 Å². The zero-order valence-electron chi connectivity index (χ0n) is 14.5. The van der Waals surface area contributed by atoms with E-state index in [4.69, 9.17) is 0 Å². The fourth-order valence-corrected chi connectivity index (χ4v) is 2.88. The van der Waals surface area contributed by atoms with Crippen molar-refractivity contribution in [3.05, 3.63) is 46.4 Å². The highest BCUT2D eigenvalue weighted by Crippen LogP contribution is 2.07. The van der Waals surface area contributed by atoms with E-state index in [1.165, 1.54) is 0 Å². The minimum Gasteiger partial charge on any atom is -0.385 e. The molecule has 0 saturated heterocycles. The number of benzene rings is 1. The molecular formula is C18H27N5S. The molecule has 24 heavy (non-hydrogen) atoms. The van der Waals surface area contributed by atoms with E-state index in [1.54, 1.807) is 11.3 Å². The SMILES string of the molecule is CCNC(=NCCCNc1ccccc1)NCCc1csc(C)n1. The summed E-state index contributed by atoms with van der Waals surface area (Å²) < 4.78 is 0. The van der Waals surface area contributed by atoms with E-state index in [9.17, 15) is 0 Å². The van der Waals surface area contributed by atoms with Crippen LogP contribution in [0.3, 0.4) is 0 Å². The van der Waals surface area contributed by atoms with Crippen LogP contribution in [0.25, 0.3) is 0 Å². The van der Waals surface area contributed by atoms with Crippen LogP contribution >= 0.6 is 11.3 Å². The highest BCUT2D eigenvalue weighted by molar-refractivity contribution is 7.09. The molecule has 0 amide bonds. The maximum absolute atomic E-state index is 4.62. The van der Waals surface area contributed by atoms with Crippen LogP contribution in [-0.4, -0.2) is 37.1 Å². The van der Waals surface area contributed by atoms with Crippen molar-refractivity contribution in [2.45, 2.75) is 26.7 Å². The summed E-state index contributed by atoms with van der Waals surface area (Å²) in [6, 6.07) is 10.3. The molecule has 5 nitrogen and oxygen atoms in total. The summed E-state index contributed by atoms with van der Waals surface area (Å²) in [7, 11) is 0. The number of para-hydroxylation sites is 1. The van der Waals surface area contributed by atoms with Crippen molar-refractivity contribution in [3.63, 3.8) is 0 Å². The van der Waals surface area contributed by atoms with Crippen molar-refractivity contribution in [1.29, 1.82) is 0 Å². The molecule has 0 aliphatic heterocycles. The third-order valence-corrected chi connectivity index (χ3v) is 4.21. The summed E-state index contributed by atoms with van der Waals surface area (Å²) >= 11 is 1.70. The lowest BCUT2D eigenvalue weighted by Gasteiger charge is -2.11. The van der Waals surface area contributed by atoms with Gasteiger partial charge in [-0.25, -0.2) is 4.98 Å². The first-order valence-electron chi connectivity index (χ1n) is 8.50. The number of anilines is 1. The normalized spacial score (nSPS) is 11.3. The molecular weight excluding hydrogens is 318 g/mol. The van der Waals surface area contributed by atoms with E-state index in [2.05, 4.69) is 50.4 Å². The highest BCUT2D eigenvalue weighted by Gasteiger charge is 2.00. The maximum atomic E-state index is 4.62. The molecule has 1 aromatic heterocycles. The average molecular weight is 346 g/mol. The maximum Gasteiger partial charge on any atom is 0.191 e. The van der Waals surface area contributed by atoms with Crippen molar-refractivity contribution in [1.82, 2.24) is 15.6 Å². The number of hydrogen-bond donors (Lipinski definition) is 3. The monoisotopic (exact) mass is 345 g/mol. The Morgan fingerprint density at radius 3 is 2.71 bits per heavy atom. The molecule has 0 fully saturated rings. The molecule has 1 aromatic carbocycles. The molecule has 2 aromatic rings. The van der Waals surface area contributed by atoms with Gasteiger partial charge in [-0.05, 0) is 32.4 Å². The van der Waals surface area contributed by atoms with Gasteiger partial charge in [0.15, 0.2) is 5.96 Å². The third kappa shape index (κ3) is 7.00. The number of guanidine groups is 1. The Balaban J connectivity index is 1.66. The Bertz CT molecular complexity index is 609. The van der Waals surface area contributed by atoms with Crippen molar-refractivity contribution in [2.75, 3.05) is 31.5 Å². The Morgan fingerprint density at radius 1 is 1.17 bits per heavy atom. The summed E-state index contributed by atoms with van der Waals surface area (Å²) in [5, 5.41) is 13.3. The third-order valence-electron chi connectivity index (χ3n) is 3.39. The summed E-state index contributed by atoms with van der Waals surface area (Å²) in [6.45, 7) is 7.55. The molecule has 130 valence electrons. The van der Waals surface area contributed by atoms with Gasteiger partial charge in [0.05, 0.1) is 10.7 Å². The minimum absolute atomic E-state index is 0.797. The fraction of sp³-hybridized carbons (Fsp3) is 0.444. The molecule has 2 rings (SSSR count). The number of hydrogen-bond acceptors (Lipinski definition) is 4. The van der Waals surface area contributed by atoms with Gasteiger partial charge in [-0.3, -0.25) is 4.99 Å². The highest BCUT2D eigenvalue weighted by atomic mass is 32.1. The Hall–Kier alpha value is -2.08. The lowest BCUT2D eigenvalue weighted by atomic mass is 10.3. The lowest BCUT2D eigenvalue weighted by molar-refractivity contribution is 0.780. The quantitative estimate of drug-likeness (QED) is 0.371. The zero-order valence-corrected chi connectivity index (χ0v) is 15.3. The van der Waals surface area contributed by atoms with Gasteiger partial charge in [0.25, 0.3) is 0 Å². The van der Waals surface area contributed by atoms with Gasteiger partial charge in [0, 0.05) is 43.7 Å². The van der Waals surface area contributed by atoms with Crippen LogP contribution in [0.1, 0.15) is 24.0 Å². The van der Waals surface area contributed by atoms with Crippen LogP contribution < -0.4 is 16.0 Å². The number of nitrogens with one attached hydrogen (secondary N) is 3. The Morgan fingerprint density at radius 2 is 2.00 bits per heavy atom. The molecule has 3 N–H and O–H groups in total. The summed E-state index contributed by atoms with van der Waals surface area (Å²) in [4.78, 5) is 9.10. The van der Waals surface area contributed by atoms with Gasteiger partial charge in [-0.15, -0.1) is 11.3 Å². The van der Waals surface area contributed by atoms with Gasteiger partial charge in [-0.2, -0.15) is 0 Å². The number of nitrogens with zero attached hydrogens (tertiary/aromatic N) is 2. The van der Waals surface area contributed by atoms with E-state index in [0.717, 1.165) is 61.4 Å². The summed E-state index contributed by atoms with van der Waals surface area (Å²) in [6.07, 6.45) is 1.92. The van der Waals surface area contributed by atoms with E-state index >= 15 is 0 Å². The van der Waals surface area contributed by atoms with Crippen molar-refractivity contribution >= 4 is 23.0 Å². The first-order chi connectivity index (χ1) is 11.8. The van der Waals surface area contributed by atoms with Gasteiger partial charge >= 0.3 is 0 Å². The number of aliphatic imine (C=N–C) groups is 1. The van der Waals surface area contributed by atoms with Gasteiger partial charge in [-0.1, -0.05) is 18.2 Å². The second-order valence-corrected chi connectivity index (χ2v) is 6.50. The molecule has 6 heteroatoms. The van der Waals surface area contributed by atoms with E-state index in [-0.39, 0.29) is 0 Å². The van der Waals surface area contributed by atoms with Gasteiger partial charge < -0.3 is 16.0 Å². The van der Waals surface area contributed by atoms with E-state index in [0.29, 0.717) is 0 Å². The zero-order chi connectivity index (χ0) is 17.0. The second-order valence-electron chi connectivity index (χ2n) is 5.44. The molecule has 0 bridgehead atoms. The number of aryl methyl sites for hydroxylation is 1. The molecule has 0 atom stereocenters.